The summed E-state index contributed by atoms with van der Waals surface area (Å²) >= 11 is 3.52. The van der Waals surface area contributed by atoms with Crippen molar-refractivity contribution < 1.29 is 0 Å². The summed E-state index contributed by atoms with van der Waals surface area (Å²) in [4.78, 5) is 7.59. The quantitative estimate of drug-likeness (QED) is 0.560. The highest BCUT2D eigenvalue weighted by Gasteiger charge is 2.03. The van der Waals surface area contributed by atoms with E-state index in [0.29, 0.717) is 5.95 Å². The van der Waals surface area contributed by atoms with Crippen LogP contribution in [0.25, 0.3) is 11.0 Å². The SMILES string of the molecule is C/C(=N/Nc1nc2ccccc2[nH]1)c1ccccc1Br. The molecule has 3 aromatic rings. The number of hydrazone groups is 1. The summed E-state index contributed by atoms with van der Waals surface area (Å²) in [7, 11) is 0. The van der Waals surface area contributed by atoms with Crippen LogP contribution in [0.2, 0.25) is 0 Å². The van der Waals surface area contributed by atoms with Gasteiger partial charge in [-0.15, -0.1) is 0 Å². The third-order valence-corrected chi connectivity index (χ3v) is 3.67. The smallest absolute Gasteiger partial charge is 0.222 e. The molecule has 0 aliphatic carbocycles. The summed E-state index contributed by atoms with van der Waals surface area (Å²) < 4.78 is 1.02. The molecule has 2 N–H and O–H groups in total. The van der Waals surface area contributed by atoms with Crippen molar-refractivity contribution in [2.75, 3.05) is 5.43 Å². The lowest BCUT2D eigenvalue weighted by Gasteiger charge is -2.03. The number of fused-ring (bicyclic) bond motifs is 1. The number of para-hydroxylation sites is 2. The number of hydrogen-bond donors (Lipinski definition) is 2. The molecule has 1 aromatic heterocycles. The van der Waals surface area contributed by atoms with Gasteiger partial charge in [0.15, 0.2) is 0 Å². The molecule has 0 saturated carbocycles. The molecule has 0 bridgehead atoms. The normalized spacial score (nSPS) is 11.8. The van der Waals surface area contributed by atoms with Crippen LogP contribution in [0.3, 0.4) is 0 Å². The van der Waals surface area contributed by atoms with Crippen molar-refractivity contribution in [3.8, 4) is 0 Å². The second-order valence-corrected chi connectivity index (χ2v) is 5.25. The van der Waals surface area contributed by atoms with Crippen LogP contribution in [-0.2, 0) is 0 Å². The summed E-state index contributed by atoms with van der Waals surface area (Å²) in [6.07, 6.45) is 0. The molecule has 0 spiro atoms. The largest absolute Gasteiger partial charge is 0.323 e. The number of H-pyrrole nitrogens is 1. The number of imidazole rings is 1. The van der Waals surface area contributed by atoms with Crippen molar-refractivity contribution in [3.63, 3.8) is 0 Å². The lowest BCUT2D eigenvalue weighted by molar-refractivity contribution is 1.20. The van der Waals surface area contributed by atoms with Crippen LogP contribution in [0.5, 0.6) is 0 Å². The molecule has 0 atom stereocenters. The first-order chi connectivity index (χ1) is 9.74. The molecule has 0 amide bonds. The number of anilines is 1. The minimum Gasteiger partial charge on any atom is -0.323 e. The number of rotatable bonds is 3. The van der Waals surface area contributed by atoms with Gasteiger partial charge in [-0.3, -0.25) is 0 Å². The molecule has 4 nitrogen and oxygen atoms in total. The van der Waals surface area contributed by atoms with E-state index < -0.39 is 0 Å². The molecule has 0 saturated heterocycles. The topological polar surface area (TPSA) is 53.1 Å². The number of hydrogen-bond acceptors (Lipinski definition) is 3. The molecule has 3 rings (SSSR count). The van der Waals surface area contributed by atoms with Gasteiger partial charge in [0.2, 0.25) is 5.95 Å². The Bertz CT molecular complexity index is 743. The second-order valence-electron chi connectivity index (χ2n) is 4.39. The van der Waals surface area contributed by atoms with Gasteiger partial charge in [-0.1, -0.05) is 46.3 Å². The van der Waals surface area contributed by atoms with Crippen molar-refractivity contribution >= 4 is 38.6 Å². The molecule has 1 heterocycles. The van der Waals surface area contributed by atoms with E-state index in [0.717, 1.165) is 26.8 Å². The molecule has 0 aliphatic heterocycles. The maximum atomic E-state index is 4.42. The lowest BCUT2D eigenvalue weighted by Crippen LogP contribution is -2.01. The third kappa shape index (κ3) is 2.58. The van der Waals surface area contributed by atoms with E-state index in [1.807, 2.05) is 55.5 Å². The second kappa shape index (κ2) is 5.46. The molecule has 0 unspecified atom stereocenters. The zero-order valence-electron chi connectivity index (χ0n) is 10.9. The first-order valence-corrected chi connectivity index (χ1v) is 7.03. The summed E-state index contributed by atoms with van der Waals surface area (Å²) in [5.41, 5.74) is 6.81. The Morgan fingerprint density at radius 1 is 1.15 bits per heavy atom. The van der Waals surface area contributed by atoms with E-state index in [1.165, 1.54) is 0 Å². The minimum absolute atomic E-state index is 0.637. The molecular weight excluding hydrogens is 316 g/mol. The van der Waals surface area contributed by atoms with Gasteiger partial charge in [0.05, 0.1) is 16.7 Å². The number of aromatic amines is 1. The van der Waals surface area contributed by atoms with Crippen LogP contribution < -0.4 is 5.43 Å². The van der Waals surface area contributed by atoms with Crippen LogP contribution in [0, 0.1) is 0 Å². The van der Waals surface area contributed by atoms with E-state index >= 15 is 0 Å². The molecule has 0 radical (unpaired) electrons. The van der Waals surface area contributed by atoms with Gasteiger partial charge in [-0.2, -0.15) is 5.10 Å². The van der Waals surface area contributed by atoms with Gasteiger partial charge in [0.1, 0.15) is 0 Å². The maximum Gasteiger partial charge on any atom is 0.222 e. The van der Waals surface area contributed by atoms with E-state index in [-0.39, 0.29) is 0 Å². The minimum atomic E-state index is 0.637. The monoisotopic (exact) mass is 328 g/mol. The van der Waals surface area contributed by atoms with Crippen LogP contribution in [0.1, 0.15) is 12.5 Å². The average Bonchev–Trinajstić information content (AvgIpc) is 2.88. The van der Waals surface area contributed by atoms with Gasteiger partial charge >= 0.3 is 0 Å². The maximum absolute atomic E-state index is 4.42. The summed E-state index contributed by atoms with van der Waals surface area (Å²) in [5.74, 6) is 0.637. The summed E-state index contributed by atoms with van der Waals surface area (Å²) in [5, 5.41) is 4.36. The summed E-state index contributed by atoms with van der Waals surface area (Å²) in [6, 6.07) is 15.9. The molecule has 20 heavy (non-hydrogen) atoms. The van der Waals surface area contributed by atoms with E-state index in [1.54, 1.807) is 0 Å². The number of nitrogens with zero attached hydrogens (tertiary/aromatic N) is 2. The summed E-state index contributed by atoms with van der Waals surface area (Å²) in [6.45, 7) is 1.95. The molecule has 0 fully saturated rings. The van der Waals surface area contributed by atoms with Crippen molar-refractivity contribution in [2.45, 2.75) is 6.92 Å². The van der Waals surface area contributed by atoms with E-state index in [9.17, 15) is 0 Å². The highest BCUT2D eigenvalue weighted by atomic mass is 79.9. The van der Waals surface area contributed by atoms with Crippen LogP contribution in [-0.4, -0.2) is 15.7 Å². The standard InChI is InChI=1S/C15H13BrN4/c1-10(11-6-2-3-7-12(11)16)19-20-15-17-13-8-4-5-9-14(13)18-15/h2-9H,1H3,(H2,17,18,20)/b19-10-. The predicted molar refractivity (Wildman–Crippen MR) is 86.1 cm³/mol. The lowest BCUT2D eigenvalue weighted by atomic mass is 10.1. The van der Waals surface area contributed by atoms with Crippen molar-refractivity contribution in [1.82, 2.24) is 9.97 Å². The number of aromatic nitrogens is 2. The Labute approximate surface area is 125 Å². The van der Waals surface area contributed by atoms with Gasteiger partial charge in [0, 0.05) is 10.0 Å². The van der Waals surface area contributed by atoms with Crippen LogP contribution >= 0.6 is 15.9 Å². The van der Waals surface area contributed by atoms with Crippen molar-refractivity contribution in [1.29, 1.82) is 0 Å². The van der Waals surface area contributed by atoms with Gasteiger partial charge in [0.25, 0.3) is 0 Å². The molecular formula is C15H13BrN4. The Balaban J connectivity index is 1.84. The van der Waals surface area contributed by atoms with Gasteiger partial charge in [-0.05, 0) is 25.1 Å². The van der Waals surface area contributed by atoms with Crippen LogP contribution in [0.4, 0.5) is 5.95 Å². The Kier molecular flexibility index (Phi) is 3.52. The predicted octanol–water partition coefficient (Wildman–Crippen LogP) is 4.16. The van der Waals surface area contributed by atoms with Crippen molar-refractivity contribution in [2.24, 2.45) is 5.10 Å². The number of halogens is 1. The fourth-order valence-electron chi connectivity index (χ4n) is 1.96. The highest BCUT2D eigenvalue weighted by molar-refractivity contribution is 9.10. The van der Waals surface area contributed by atoms with E-state index in [2.05, 4.69) is 36.4 Å². The molecule has 100 valence electrons. The Morgan fingerprint density at radius 3 is 2.70 bits per heavy atom. The molecule has 5 heteroatoms. The van der Waals surface area contributed by atoms with Crippen LogP contribution in [0.15, 0.2) is 58.1 Å². The Morgan fingerprint density at radius 2 is 1.90 bits per heavy atom. The number of benzene rings is 2. The van der Waals surface area contributed by atoms with Gasteiger partial charge < -0.3 is 4.98 Å². The zero-order chi connectivity index (χ0) is 13.9. The molecule has 0 aliphatic rings. The Hall–Kier alpha value is -2.14. The highest BCUT2D eigenvalue weighted by Crippen LogP contribution is 2.17. The fraction of sp³-hybridized carbons (Fsp3) is 0.0667. The number of nitrogens with one attached hydrogen (secondary N) is 2. The third-order valence-electron chi connectivity index (χ3n) is 2.98. The zero-order valence-corrected chi connectivity index (χ0v) is 12.5. The van der Waals surface area contributed by atoms with Gasteiger partial charge in [-0.25, -0.2) is 10.4 Å². The van der Waals surface area contributed by atoms with E-state index in [4.69, 9.17) is 0 Å². The average molecular weight is 329 g/mol. The molecule has 2 aromatic carbocycles. The fourth-order valence-corrected chi connectivity index (χ4v) is 2.53. The van der Waals surface area contributed by atoms with Crippen molar-refractivity contribution in [3.05, 3.63) is 58.6 Å². The first kappa shape index (κ1) is 12.9. The first-order valence-electron chi connectivity index (χ1n) is 6.24.